The Balaban J connectivity index is 1.47. The van der Waals surface area contributed by atoms with E-state index in [9.17, 15) is 9.59 Å². The summed E-state index contributed by atoms with van der Waals surface area (Å²) in [5.41, 5.74) is 2.15. The number of furan rings is 1. The van der Waals surface area contributed by atoms with E-state index in [-0.39, 0.29) is 17.2 Å². The Hall–Kier alpha value is -2.70. The summed E-state index contributed by atoms with van der Waals surface area (Å²) in [6, 6.07) is 18.0. The third-order valence-electron chi connectivity index (χ3n) is 4.41. The number of nitrogens with one attached hydrogen (secondary N) is 1. The maximum absolute atomic E-state index is 12.4. The SMILES string of the molecule is O=C(Nc1cccc(Cl)c1)c1ccc([C@H]2SCC(=O)N2Cc2ccco2)cc1. The van der Waals surface area contributed by atoms with Crippen molar-refractivity contribution in [1.82, 2.24) is 4.90 Å². The molecule has 28 heavy (non-hydrogen) atoms. The second-order valence-electron chi connectivity index (χ2n) is 6.35. The average molecular weight is 413 g/mol. The number of nitrogens with zero attached hydrogens (tertiary/aromatic N) is 1. The van der Waals surface area contributed by atoms with Gasteiger partial charge in [0.2, 0.25) is 5.91 Å². The Morgan fingerprint density at radius 3 is 2.71 bits per heavy atom. The molecule has 0 unspecified atom stereocenters. The Morgan fingerprint density at radius 2 is 2.00 bits per heavy atom. The zero-order valence-corrected chi connectivity index (χ0v) is 16.4. The van der Waals surface area contributed by atoms with Gasteiger partial charge in [-0.05, 0) is 48.0 Å². The summed E-state index contributed by atoms with van der Waals surface area (Å²) in [6.45, 7) is 0.431. The fourth-order valence-electron chi connectivity index (χ4n) is 3.04. The minimum atomic E-state index is -0.212. The molecule has 3 aromatic rings. The lowest BCUT2D eigenvalue weighted by atomic mass is 10.1. The number of rotatable bonds is 5. The number of thioether (sulfide) groups is 1. The van der Waals surface area contributed by atoms with Gasteiger partial charge in [0.15, 0.2) is 0 Å². The topological polar surface area (TPSA) is 62.6 Å². The predicted octanol–water partition coefficient (Wildman–Crippen LogP) is 4.96. The van der Waals surface area contributed by atoms with E-state index in [1.165, 1.54) is 0 Å². The standard InChI is InChI=1S/C21H17ClN2O3S/c22-16-3-1-4-17(11-16)23-20(26)14-6-8-15(9-7-14)21-24(19(25)13-28-21)12-18-5-2-10-27-18/h1-11,21H,12-13H2,(H,23,26)/t21-/m1/s1. The lowest BCUT2D eigenvalue weighted by Gasteiger charge is -2.23. The summed E-state index contributed by atoms with van der Waals surface area (Å²) in [4.78, 5) is 26.5. The van der Waals surface area contributed by atoms with Crippen molar-refractivity contribution in [3.63, 3.8) is 0 Å². The van der Waals surface area contributed by atoms with E-state index in [0.717, 1.165) is 11.3 Å². The quantitative estimate of drug-likeness (QED) is 0.643. The van der Waals surface area contributed by atoms with Gasteiger partial charge in [-0.25, -0.2) is 0 Å². The molecule has 142 valence electrons. The highest BCUT2D eigenvalue weighted by Gasteiger charge is 2.33. The zero-order valence-electron chi connectivity index (χ0n) is 14.8. The molecule has 1 aliphatic rings. The molecule has 2 heterocycles. The molecule has 1 saturated heterocycles. The van der Waals surface area contributed by atoms with E-state index in [1.54, 1.807) is 59.3 Å². The highest BCUT2D eigenvalue weighted by molar-refractivity contribution is 8.00. The van der Waals surface area contributed by atoms with Gasteiger partial charge in [-0.2, -0.15) is 0 Å². The van der Waals surface area contributed by atoms with Crippen molar-refractivity contribution in [3.05, 3.63) is 88.8 Å². The van der Waals surface area contributed by atoms with Crippen LogP contribution in [0.15, 0.2) is 71.3 Å². The summed E-state index contributed by atoms with van der Waals surface area (Å²) >= 11 is 7.52. The first kappa shape index (κ1) is 18.7. The smallest absolute Gasteiger partial charge is 0.255 e. The van der Waals surface area contributed by atoms with E-state index in [2.05, 4.69) is 5.32 Å². The van der Waals surface area contributed by atoms with E-state index >= 15 is 0 Å². The van der Waals surface area contributed by atoms with Gasteiger partial charge in [0.1, 0.15) is 11.1 Å². The summed E-state index contributed by atoms with van der Waals surface area (Å²) < 4.78 is 5.38. The van der Waals surface area contributed by atoms with Gasteiger partial charge in [-0.3, -0.25) is 9.59 Å². The summed E-state index contributed by atoms with van der Waals surface area (Å²) in [5.74, 6) is 1.05. The van der Waals surface area contributed by atoms with Crippen molar-refractivity contribution in [2.75, 3.05) is 11.1 Å². The van der Waals surface area contributed by atoms with Crippen molar-refractivity contribution in [1.29, 1.82) is 0 Å². The van der Waals surface area contributed by atoms with Gasteiger partial charge in [0, 0.05) is 16.3 Å². The number of hydrogen-bond donors (Lipinski definition) is 1. The lowest BCUT2D eigenvalue weighted by molar-refractivity contribution is -0.128. The molecule has 1 aromatic heterocycles. The average Bonchev–Trinajstić information content (AvgIpc) is 3.33. The number of hydrogen-bond acceptors (Lipinski definition) is 4. The van der Waals surface area contributed by atoms with E-state index in [4.69, 9.17) is 16.0 Å². The third kappa shape index (κ3) is 4.08. The molecule has 2 amide bonds. The Labute approximate surface area is 171 Å². The van der Waals surface area contributed by atoms with Crippen molar-refractivity contribution >= 4 is 40.9 Å². The Kier molecular flexibility index (Phi) is 5.41. The van der Waals surface area contributed by atoms with Crippen LogP contribution in [0.3, 0.4) is 0 Å². The van der Waals surface area contributed by atoms with Gasteiger partial charge in [0.05, 0.1) is 18.6 Å². The first-order valence-electron chi connectivity index (χ1n) is 8.70. The predicted molar refractivity (Wildman–Crippen MR) is 110 cm³/mol. The second-order valence-corrected chi connectivity index (χ2v) is 7.86. The maximum atomic E-state index is 12.4. The van der Waals surface area contributed by atoms with Crippen LogP contribution >= 0.6 is 23.4 Å². The molecule has 0 aliphatic carbocycles. The Bertz CT molecular complexity index is 989. The molecule has 7 heteroatoms. The molecule has 0 radical (unpaired) electrons. The normalized spacial score (nSPS) is 16.4. The molecule has 5 nitrogen and oxygen atoms in total. The van der Waals surface area contributed by atoms with Crippen molar-refractivity contribution in [2.24, 2.45) is 0 Å². The molecule has 1 N–H and O–H groups in total. The third-order valence-corrected chi connectivity index (χ3v) is 5.91. The fraction of sp³-hybridized carbons (Fsp3) is 0.143. The first-order valence-corrected chi connectivity index (χ1v) is 10.1. The van der Waals surface area contributed by atoms with Crippen LogP contribution in [-0.2, 0) is 11.3 Å². The molecule has 0 bridgehead atoms. The van der Waals surface area contributed by atoms with Gasteiger partial charge in [-0.1, -0.05) is 29.8 Å². The maximum Gasteiger partial charge on any atom is 0.255 e. The summed E-state index contributed by atoms with van der Waals surface area (Å²) in [6.07, 6.45) is 1.60. The molecule has 1 fully saturated rings. The van der Waals surface area contributed by atoms with Crippen LogP contribution < -0.4 is 5.32 Å². The minimum absolute atomic E-state index is 0.0779. The van der Waals surface area contributed by atoms with Gasteiger partial charge in [-0.15, -0.1) is 11.8 Å². The number of carbonyl (C=O) groups is 2. The van der Waals surface area contributed by atoms with Crippen LogP contribution in [0.2, 0.25) is 5.02 Å². The highest BCUT2D eigenvalue weighted by atomic mass is 35.5. The fourth-order valence-corrected chi connectivity index (χ4v) is 4.42. The van der Waals surface area contributed by atoms with Crippen LogP contribution in [0.4, 0.5) is 5.69 Å². The lowest BCUT2D eigenvalue weighted by Crippen LogP contribution is -2.27. The Morgan fingerprint density at radius 1 is 1.18 bits per heavy atom. The van der Waals surface area contributed by atoms with Crippen molar-refractivity contribution < 1.29 is 14.0 Å². The molecule has 0 saturated carbocycles. The van der Waals surface area contributed by atoms with Crippen LogP contribution in [0, 0.1) is 0 Å². The van der Waals surface area contributed by atoms with Gasteiger partial charge >= 0.3 is 0 Å². The van der Waals surface area contributed by atoms with Crippen LogP contribution in [-0.4, -0.2) is 22.5 Å². The van der Waals surface area contributed by atoms with Crippen LogP contribution in [0.5, 0.6) is 0 Å². The van der Waals surface area contributed by atoms with Crippen LogP contribution in [0.25, 0.3) is 0 Å². The molecule has 0 spiro atoms. The molecule has 1 aliphatic heterocycles. The number of carbonyl (C=O) groups excluding carboxylic acids is 2. The minimum Gasteiger partial charge on any atom is -0.467 e. The number of benzene rings is 2. The largest absolute Gasteiger partial charge is 0.467 e. The number of anilines is 1. The highest BCUT2D eigenvalue weighted by Crippen LogP contribution is 2.39. The molecular formula is C21H17ClN2O3S. The molecule has 2 aromatic carbocycles. The van der Waals surface area contributed by atoms with Gasteiger partial charge in [0.25, 0.3) is 5.91 Å². The molecule has 1 atom stereocenters. The van der Waals surface area contributed by atoms with Crippen molar-refractivity contribution in [3.8, 4) is 0 Å². The first-order chi connectivity index (χ1) is 13.6. The van der Waals surface area contributed by atoms with Crippen molar-refractivity contribution in [2.45, 2.75) is 11.9 Å². The number of amides is 2. The van der Waals surface area contributed by atoms with E-state index in [0.29, 0.717) is 28.6 Å². The summed E-state index contributed by atoms with van der Waals surface area (Å²) in [7, 11) is 0. The summed E-state index contributed by atoms with van der Waals surface area (Å²) in [5, 5.41) is 3.30. The van der Waals surface area contributed by atoms with E-state index in [1.807, 2.05) is 24.3 Å². The second kappa shape index (κ2) is 8.12. The molecular weight excluding hydrogens is 396 g/mol. The van der Waals surface area contributed by atoms with E-state index < -0.39 is 0 Å². The monoisotopic (exact) mass is 412 g/mol. The number of halogens is 1. The van der Waals surface area contributed by atoms with Gasteiger partial charge < -0.3 is 14.6 Å². The molecule has 4 rings (SSSR count). The zero-order chi connectivity index (χ0) is 19.5. The van der Waals surface area contributed by atoms with Crippen LogP contribution in [0.1, 0.15) is 27.1 Å².